The summed E-state index contributed by atoms with van der Waals surface area (Å²) in [5, 5.41) is 11.4. The van der Waals surface area contributed by atoms with E-state index in [0.717, 1.165) is 15.3 Å². The number of halogens is 1. The van der Waals surface area contributed by atoms with Gasteiger partial charge in [0.05, 0.1) is 28.5 Å². The molecule has 0 aliphatic rings. The maximum Gasteiger partial charge on any atom is 0.323 e. The van der Waals surface area contributed by atoms with Gasteiger partial charge in [-0.05, 0) is 39.7 Å². The Balaban J connectivity index is 2.22. The van der Waals surface area contributed by atoms with E-state index in [1.54, 1.807) is 54.6 Å². The molecule has 0 radical (unpaired) electrons. The number of hydrogen-bond donors (Lipinski definition) is 1. The van der Waals surface area contributed by atoms with Gasteiger partial charge in [-0.25, -0.2) is 4.79 Å². The lowest BCUT2D eigenvalue weighted by Crippen LogP contribution is -2.34. The first-order valence-corrected chi connectivity index (χ1v) is 10.7. The van der Waals surface area contributed by atoms with Crippen molar-refractivity contribution < 1.29 is 18.5 Å². The number of amides is 2. The molecule has 2 N–H and O–H groups in total. The number of rotatable bonds is 7. The number of carbonyl (C=O) groups is 1. The van der Waals surface area contributed by atoms with Crippen molar-refractivity contribution in [1.29, 1.82) is 0 Å². The van der Waals surface area contributed by atoms with Gasteiger partial charge < -0.3 is 10.3 Å². The molecule has 0 fully saturated rings. The fourth-order valence-corrected chi connectivity index (χ4v) is 4.01. The molecule has 3 rings (SSSR count). The lowest BCUT2D eigenvalue weighted by molar-refractivity contribution is -0.384. The van der Waals surface area contributed by atoms with Crippen molar-refractivity contribution in [3.05, 3.63) is 92.9 Å². The fraction of sp³-hybridized carbons (Fsp3) is 0.0500. The second-order valence-electron chi connectivity index (χ2n) is 6.29. The Morgan fingerprint density at radius 2 is 1.65 bits per heavy atom. The third-order valence-corrected chi connectivity index (χ3v) is 5.70. The predicted octanol–water partition coefficient (Wildman–Crippen LogP) is 4.37. The molecular weight excluding hydrogens is 488 g/mol. The molecule has 2 amide bonds. The van der Waals surface area contributed by atoms with Gasteiger partial charge in [0.2, 0.25) is 0 Å². The molecule has 0 saturated heterocycles. The molecule has 0 bridgehead atoms. The molecule has 3 aromatic carbocycles. The van der Waals surface area contributed by atoms with Crippen LogP contribution in [0.25, 0.3) is 0 Å². The topological polar surface area (TPSA) is 133 Å². The zero-order valence-electron chi connectivity index (χ0n) is 15.9. The van der Waals surface area contributed by atoms with E-state index in [1.807, 2.05) is 0 Å². The average molecular weight is 504 g/mol. The number of urea groups is 1. The highest BCUT2D eigenvalue weighted by atomic mass is 79.9. The Hall–Kier alpha value is -3.28. The molecule has 11 heteroatoms. The summed E-state index contributed by atoms with van der Waals surface area (Å²) in [5.74, 6) is 0. The highest BCUT2D eigenvalue weighted by molar-refractivity contribution is 9.10. The number of nitro groups is 1. The minimum Gasteiger partial charge on any atom is -0.755 e. The third kappa shape index (κ3) is 5.08. The van der Waals surface area contributed by atoms with Gasteiger partial charge in [-0.1, -0.05) is 42.5 Å². The lowest BCUT2D eigenvalue weighted by Gasteiger charge is -2.31. The Morgan fingerprint density at radius 1 is 1.00 bits per heavy atom. The van der Waals surface area contributed by atoms with E-state index in [2.05, 4.69) is 15.9 Å². The Kier molecular flexibility index (Phi) is 7.00. The number of nitro benzene ring substituents is 1. The highest BCUT2D eigenvalue weighted by Gasteiger charge is 2.26. The van der Waals surface area contributed by atoms with Gasteiger partial charge in [-0.15, -0.1) is 0 Å². The number of para-hydroxylation sites is 1. The minimum absolute atomic E-state index is 0.0686. The summed E-state index contributed by atoms with van der Waals surface area (Å²) >= 11 is 0.544. The summed E-state index contributed by atoms with van der Waals surface area (Å²) in [4.78, 5) is 24.2. The average Bonchev–Trinajstić information content (AvgIpc) is 2.74. The molecule has 0 aliphatic carbocycles. The summed E-state index contributed by atoms with van der Waals surface area (Å²) in [5.41, 5.74) is 6.29. The molecule has 0 spiro atoms. The highest BCUT2D eigenvalue weighted by Crippen LogP contribution is 2.40. The molecule has 1 unspecified atom stereocenters. The van der Waals surface area contributed by atoms with Crippen LogP contribution in [0.1, 0.15) is 5.56 Å². The predicted molar refractivity (Wildman–Crippen MR) is 121 cm³/mol. The summed E-state index contributed by atoms with van der Waals surface area (Å²) in [6.45, 7) is -0.103. The fourth-order valence-electron chi connectivity index (χ4n) is 2.98. The van der Waals surface area contributed by atoms with Crippen LogP contribution in [0.5, 0.6) is 0 Å². The van der Waals surface area contributed by atoms with E-state index in [9.17, 15) is 23.7 Å². The number of anilines is 3. The van der Waals surface area contributed by atoms with Crippen LogP contribution < -0.4 is 14.9 Å². The molecule has 31 heavy (non-hydrogen) atoms. The van der Waals surface area contributed by atoms with Crippen molar-refractivity contribution in [3.63, 3.8) is 0 Å². The van der Waals surface area contributed by atoms with E-state index in [4.69, 9.17) is 5.73 Å². The summed E-state index contributed by atoms with van der Waals surface area (Å²) < 4.78 is 25.8. The molecule has 9 nitrogen and oxygen atoms in total. The first-order chi connectivity index (χ1) is 14.8. The molecule has 160 valence electrons. The van der Waals surface area contributed by atoms with E-state index in [1.165, 1.54) is 12.1 Å². The Bertz CT molecular complexity index is 1150. The SMILES string of the molecule is NC(=O)N(c1ccccc1Br)c1ccc([N+](=O)[O-])cc1N(Cc1ccccc1)S(=O)[O-]. The smallest absolute Gasteiger partial charge is 0.323 e. The van der Waals surface area contributed by atoms with Crippen LogP contribution in [0, 0.1) is 10.1 Å². The lowest BCUT2D eigenvalue weighted by atomic mass is 10.1. The second kappa shape index (κ2) is 9.69. The zero-order chi connectivity index (χ0) is 22.5. The van der Waals surface area contributed by atoms with Crippen molar-refractivity contribution in [2.24, 2.45) is 5.73 Å². The van der Waals surface area contributed by atoms with Crippen LogP contribution in [0.2, 0.25) is 0 Å². The quantitative estimate of drug-likeness (QED) is 0.290. The first kappa shape index (κ1) is 22.4. The van der Waals surface area contributed by atoms with Crippen LogP contribution in [0.15, 0.2) is 77.3 Å². The standard InChI is InChI=1S/C20H17BrN4O5S/c21-16-8-4-5-9-17(16)24(20(22)26)18-11-10-15(25(27)28)12-19(18)23(31(29)30)13-14-6-2-1-3-7-14/h1-12H,13H2,(H2,22,26)(H,29,30)/p-1. The van der Waals surface area contributed by atoms with Crippen LogP contribution in [0.3, 0.4) is 0 Å². The molecule has 3 aromatic rings. The van der Waals surface area contributed by atoms with Crippen molar-refractivity contribution in [2.75, 3.05) is 9.21 Å². The number of carbonyl (C=O) groups excluding carboxylic acids is 1. The number of non-ortho nitro benzene ring substituents is 1. The summed E-state index contributed by atoms with van der Waals surface area (Å²) in [7, 11) is 0. The molecular formula is C20H16BrN4O5S-. The monoisotopic (exact) mass is 503 g/mol. The minimum atomic E-state index is -2.81. The van der Waals surface area contributed by atoms with E-state index in [0.29, 0.717) is 15.7 Å². The van der Waals surface area contributed by atoms with Crippen LogP contribution >= 0.6 is 15.9 Å². The number of nitrogens with zero attached hydrogens (tertiary/aromatic N) is 3. The Morgan fingerprint density at radius 3 is 2.23 bits per heavy atom. The maximum atomic E-state index is 12.4. The maximum absolute atomic E-state index is 12.4. The van der Waals surface area contributed by atoms with Gasteiger partial charge in [-0.3, -0.25) is 23.5 Å². The van der Waals surface area contributed by atoms with Crippen LogP contribution in [-0.4, -0.2) is 19.7 Å². The normalized spacial score (nSPS) is 11.5. The van der Waals surface area contributed by atoms with Gasteiger partial charge in [0, 0.05) is 27.9 Å². The van der Waals surface area contributed by atoms with Crippen molar-refractivity contribution >= 4 is 56.0 Å². The summed E-state index contributed by atoms with van der Waals surface area (Å²) in [6, 6.07) is 18.1. The summed E-state index contributed by atoms with van der Waals surface area (Å²) in [6.07, 6.45) is 0. The Labute approximate surface area is 188 Å². The molecule has 0 aromatic heterocycles. The van der Waals surface area contributed by atoms with E-state index >= 15 is 0 Å². The second-order valence-corrected chi connectivity index (χ2v) is 8.02. The van der Waals surface area contributed by atoms with Crippen LogP contribution in [0.4, 0.5) is 27.5 Å². The van der Waals surface area contributed by atoms with E-state index < -0.39 is 22.2 Å². The van der Waals surface area contributed by atoms with Gasteiger partial charge in [-0.2, -0.15) is 0 Å². The largest absolute Gasteiger partial charge is 0.755 e. The number of nitrogens with two attached hydrogens (primary N) is 1. The van der Waals surface area contributed by atoms with E-state index in [-0.39, 0.29) is 23.6 Å². The van der Waals surface area contributed by atoms with Gasteiger partial charge >= 0.3 is 6.03 Å². The van der Waals surface area contributed by atoms with Crippen molar-refractivity contribution in [1.82, 2.24) is 0 Å². The number of primary amides is 1. The van der Waals surface area contributed by atoms with Crippen molar-refractivity contribution in [3.8, 4) is 0 Å². The van der Waals surface area contributed by atoms with Gasteiger partial charge in [0.15, 0.2) is 0 Å². The van der Waals surface area contributed by atoms with Gasteiger partial charge in [0.1, 0.15) is 0 Å². The number of benzene rings is 3. The van der Waals surface area contributed by atoms with Gasteiger partial charge in [0.25, 0.3) is 5.69 Å². The molecule has 0 heterocycles. The van der Waals surface area contributed by atoms with Crippen molar-refractivity contribution in [2.45, 2.75) is 6.54 Å². The third-order valence-electron chi connectivity index (χ3n) is 4.34. The first-order valence-electron chi connectivity index (χ1n) is 8.83. The molecule has 0 saturated carbocycles. The van der Waals surface area contributed by atoms with Crippen LogP contribution in [-0.2, 0) is 17.8 Å². The molecule has 0 aliphatic heterocycles. The molecule has 1 atom stereocenters. The number of hydrogen-bond acceptors (Lipinski definition) is 5. The zero-order valence-corrected chi connectivity index (χ0v) is 18.3.